The van der Waals surface area contributed by atoms with Gasteiger partial charge in [-0.3, -0.25) is 4.79 Å². The quantitative estimate of drug-likeness (QED) is 0.749. The fourth-order valence-electron chi connectivity index (χ4n) is 2.65. The molecule has 2 aromatic rings. The van der Waals surface area contributed by atoms with Gasteiger partial charge in [-0.05, 0) is 30.5 Å². The lowest BCUT2D eigenvalue weighted by molar-refractivity contribution is -0.121. The van der Waals surface area contributed by atoms with Gasteiger partial charge in [0.25, 0.3) is 0 Å². The number of nitrogens with one attached hydrogen (secondary N) is 1. The summed E-state index contributed by atoms with van der Waals surface area (Å²) in [6.07, 6.45) is 2.13. The molecule has 0 saturated carbocycles. The summed E-state index contributed by atoms with van der Waals surface area (Å²) in [6.45, 7) is 1.95. The predicted molar refractivity (Wildman–Crippen MR) is 91.3 cm³/mol. The highest BCUT2D eigenvalue weighted by Crippen LogP contribution is 2.23. The molecule has 0 saturated heterocycles. The van der Waals surface area contributed by atoms with Crippen LogP contribution >= 0.6 is 0 Å². The average molecular weight is 332 g/mol. The Hall–Kier alpha value is -2.43. The molecule has 0 bridgehead atoms. The molecule has 2 rings (SSSR count). The molecule has 0 radical (unpaired) electrons. The lowest BCUT2D eigenvalue weighted by Crippen LogP contribution is -2.29. The van der Waals surface area contributed by atoms with Crippen molar-refractivity contribution in [2.45, 2.75) is 38.6 Å². The maximum atomic E-state index is 14.0. The molecule has 24 heavy (non-hydrogen) atoms. The Bertz CT molecular complexity index is 704. The van der Waals surface area contributed by atoms with Gasteiger partial charge >= 0.3 is 0 Å². The van der Waals surface area contributed by atoms with Crippen LogP contribution in [0, 0.1) is 11.6 Å². The van der Waals surface area contributed by atoms with Crippen LogP contribution in [-0.4, -0.2) is 5.91 Å². The molecule has 0 spiro atoms. The zero-order chi connectivity index (χ0) is 17.5. The lowest BCUT2D eigenvalue weighted by atomic mass is 10.0. The van der Waals surface area contributed by atoms with Crippen molar-refractivity contribution in [2.75, 3.05) is 5.73 Å². The van der Waals surface area contributed by atoms with Gasteiger partial charge in [-0.25, -0.2) is 8.78 Å². The third-order valence-corrected chi connectivity index (χ3v) is 3.93. The van der Waals surface area contributed by atoms with Crippen molar-refractivity contribution in [2.24, 2.45) is 0 Å². The van der Waals surface area contributed by atoms with Gasteiger partial charge in [-0.15, -0.1) is 0 Å². The van der Waals surface area contributed by atoms with E-state index in [0.717, 1.165) is 18.1 Å². The first-order valence-electron chi connectivity index (χ1n) is 8.09. The molecular formula is C19H22F2N2O. The van der Waals surface area contributed by atoms with Crippen LogP contribution in [0.15, 0.2) is 42.5 Å². The highest BCUT2D eigenvalue weighted by Gasteiger charge is 2.18. The normalized spacial score (nSPS) is 12.0. The monoisotopic (exact) mass is 332 g/mol. The number of nitrogen functional groups attached to an aromatic ring is 1. The molecule has 0 aliphatic rings. The second-order valence-corrected chi connectivity index (χ2v) is 5.77. The fourth-order valence-corrected chi connectivity index (χ4v) is 2.65. The van der Waals surface area contributed by atoms with E-state index in [4.69, 9.17) is 5.73 Å². The molecule has 0 aromatic heterocycles. The van der Waals surface area contributed by atoms with Crippen LogP contribution in [0.1, 0.15) is 43.4 Å². The molecule has 0 heterocycles. The van der Waals surface area contributed by atoms with Crippen molar-refractivity contribution in [3.05, 3.63) is 65.2 Å². The summed E-state index contributed by atoms with van der Waals surface area (Å²) in [5, 5.41) is 2.84. The molecule has 0 aliphatic carbocycles. The standard InChI is InChI=1S/C19H22F2N2O/c1-2-5-18(15-10-9-14(20)12-16(15)21)23-19(24)11-8-13-6-3-4-7-17(13)22/h3-4,6-7,9-10,12,18H,2,5,8,11,22H2,1H3,(H,23,24). The Morgan fingerprint density at radius 1 is 1.21 bits per heavy atom. The van der Waals surface area contributed by atoms with Crippen molar-refractivity contribution in [1.82, 2.24) is 5.32 Å². The van der Waals surface area contributed by atoms with Crippen molar-refractivity contribution in [3.63, 3.8) is 0 Å². The van der Waals surface area contributed by atoms with Crippen LogP contribution in [0.3, 0.4) is 0 Å². The molecular weight excluding hydrogens is 310 g/mol. The van der Waals surface area contributed by atoms with E-state index in [0.29, 0.717) is 24.1 Å². The highest BCUT2D eigenvalue weighted by atomic mass is 19.1. The largest absolute Gasteiger partial charge is 0.399 e. The molecule has 0 aliphatic heterocycles. The Morgan fingerprint density at radius 3 is 2.62 bits per heavy atom. The van der Waals surface area contributed by atoms with E-state index in [1.54, 1.807) is 6.07 Å². The molecule has 5 heteroatoms. The minimum Gasteiger partial charge on any atom is -0.399 e. The first kappa shape index (κ1) is 17.9. The van der Waals surface area contributed by atoms with Crippen molar-refractivity contribution in [3.8, 4) is 0 Å². The van der Waals surface area contributed by atoms with E-state index in [1.165, 1.54) is 12.1 Å². The third kappa shape index (κ3) is 4.78. The molecule has 1 atom stereocenters. The SMILES string of the molecule is CCCC(NC(=O)CCc1ccccc1N)c1ccc(F)cc1F. The number of hydrogen-bond acceptors (Lipinski definition) is 2. The first-order chi connectivity index (χ1) is 11.5. The summed E-state index contributed by atoms with van der Waals surface area (Å²) in [7, 11) is 0. The van der Waals surface area contributed by atoms with Crippen LogP contribution < -0.4 is 11.1 Å². The van der Waals surface area contributed by atoms with Gasteiger partial charge in [-0.2, -0.15) is 0 Å². The number of nitrogens with two attached hydrogens (primary N) is 1. The van der Waals surface area contributed by atoms with Gasteiger partial charge in [0, 0.05) is 23.7 Å². The van der Waals surface area contributed by atoms with Gasteiger partial charge in [-0.1, -0.05) is 37.6 Å². The number of aryl methyl sites for hydroxylation is 1. The summed E-state index contributed by atoms with van der Waals surface area (Å²) >= 11 is 0. The second-order valence-electron chi connectivity index (χ2n) is 5.77. The van der Waals surface area contributed by atoms with Crippen LogP contribution in [0.25, 0.3) is 0 Å². The topological polar surface area (TPSA) is 55.1 Å². The number of benzene rings is 2. The minimum absolute atomic E-state index is 0.180. The van der Waals surface area contributed by atoms with Gasteiger partial charge in [0.2, 0.25) is 5.91 Å². The Kier molecular flexibility index (Phi) is 6.29. The smallest absolute Gasteiger partial charge is 0.220 e. The third-order valence-electron chi connectivity index (χ3n) is 3.93. The summed E-state index contributed by atoms with van der Waals surface area (Å²) < 4.78 is 27.0. The Labute approximate surface area is 140 Å². The first-order valence-corrected chi connectivity index (χ1v) is 8.09. The summed E-state index contributed by atoms with van der Waals surface area (Å²) in [6, 6.07) is 10.4. The summed E-state index contributed by atoms with van der Waals surface area (Å²) in [4.78, 5) is 12.2. The van der Waals surface area contributed by atoms with Crippen LogP contribution in [-0.2, 0) is 11.2 Å². The van der Waals surface area contributed by atoms with E-state index in [2.05, 4.69) is 5.32 Å². The number of amides is 1. The highest BCUT2D eigenvalue weighted by molar-refractivity contribution is 5.77. The summed E-state index contributed by atoms with van der Waals surface area (Å²) in [5.74, 6) is -1.45. The van der Waals surface area contributed by atoms with E-state index in [1.807, 2.05) is 25.1 Å². The molecule has 128 valence electrons. The van der Waals surface area contributed by atoms with Crippen molar-refractivity contribution >= 4 is 11.6 Å². The van der Waals surface area contributed by atoms with Gasteiger partial charge in [0.1, 0.15) is 11.6 Å². The minimum atomic E-state index is -0.638. The lowest BCUT2D eigenvalue weighted by Gasteiger charge is -2.19. The maximum Gasteiger partial charge on any atom is 0.220 e. The fraction of sp³-hybridized carbons (Fsp3) is 0.316. The Morgan fingerprint density at radius 2 is 1.96 bits per heavy atom. The summed E-state index contributed by atoms with van der Waals surface area (Å²) in [5.41, 5.74) is 7.74. The van der Waals surface area contributed by atoms with Gasteiger partial charge in [0.15, 0.2) is 0 Å². The van der Waals surface area contributed by atoms with Crippen molar-refractivity contribution < 1.29 is 13.6 Å². The predicted octanol–water partition coefficient (Wildman–Crippen LogP) is 4.14. The van der Waals surface area contributed by atoms with E-state index >= 15 is 0 Å². The molecule has 0 fully saturated rings. The van der Waals surface area contributed by atoms with Crippen LogP contribution in [0.5, 0.6) is 0 Å². The van der Waals surface area contributed by atoms with E-state index < -0.39 is 17.7 Å². The molecule has 3 nitrogen and oxygen atoms in total. The molecule has 1 unspecified atom stereocenters. The number of para-hydroxylation sites is 1. The van der Waals surface area contributed by atoms with Gasteiger partial charge < -0.3 is 11.1 Å². The Balaban J connectivity index is 2.02. The number of anilines is 1. The van der Waals surface area contributed by atoms with Crippen LogP contribution in [0.4, 0.5) is 14.5 Å². The van der Waals surface area contributed by atoms with Gasteiger partial charge in [0.05, 0.1) is 6.04 Å². The number of rotatable bonds is 7. The zero-order valence-electron chi connectivity index (χ0n) is 13.7. The zero-order valence-corrected chi connectivity index (χ0v) is 13.7. The maximum absolute atomic E-state index is 14.0. The van der Waals surface area contributed by atoms with E-state index in [-0.39, 0.29) is 12.3 Å². The molecule has 3 N–H and O–H groups in total. The number of halogens is 2. The second kappa shape index (κ2) is 8.43. The van der Waals surface area contributed by atoms with Crippen LogP contribution in [0.2, 0.25) is 0 Å². The van der Waals surface area contributed by atoms with Crippen molar-refractivity contribution in [1.29, 1.82) is 0 Å². The molecule has 2 aromatic carbocycles. The number of carbonyl (C=O) groups is 1. The van der Waals surface area contributed by atoms with E-state index in [9.17, 15) is 13.6 Å². The average Bonchev–Trinajstić information content (AvgIpc) is 2.54. The molecule has 1 amide bonds. The number of carbonyl (C=O) groups excluding carboxylic acids is 1. The number of hydrogen-bond donors (Lipinski definition) is 2.